The number of nitrogens with zero attached hydrogens (tertiary/aromatic N) is 6. The lowest BCUT2D eigenvalue weighted by Crippen LogP contribution is -2.45. The number of ether oxygens (including phenoxy) is 1. The second-order valence-electron chi connectivity index (χ2n) is 6.33. The molecule has 1 unspecified atom stereocenters. The average Bonchev–Trinajstić information content (AvgIpc) is 3.02. The van der Waals surface area contributed by atoms with Gasteiger partial charge in [0.25, 0.3) is 0 Å². The van der Waals surface area contributed by atoms with Gasteiger partial charge in [-0.2, -0.15) is 5.10 Å². The van der Waals surface area contributed by atoms with Crippen molar-refractivity contribution in [3.05, 3.63) is 36.8 Å². The molecule has 0 saturated carbocycles. The molecule has 130 valence electrons. The molecule has 0 radical (unpaired) electrons. The monoisotopic (exact) mass is 338 g/mol. The third kappa shape index (κ3) is 2.75. The van der Waals surface area contributed by atoms with Gasteiger partial charge in [-0.15, -0.1) is 0 Å². The van der Waals surface area contributed by atoms with Crippen LogP contribution in [0.2, 0.25) is 0 Å². The van der Waals surface area contributed by atoms with Crippen LogP contribution in [0, 0.1) is 0 Å². The standard InChI is InChI=1S/C18H22N6O/c1-4-24-11-13(25-16-8-6-5-7-15(16)24)10-22(2)17-14-9-21-23(3)18(14)20-12-19-17/h5-9,12-13H,4,10-11H2,1-3H3. The molecule has 0 spiro atoms. The summed E-state index contributed by atoms with van der Waals surface area (Å²) in [6.45, 7) is 4.73. The van der Waals surface area contributed by atoms with Crippen molar-refractivity contribution in [3.8, 4) is 5.75 Å². The van der Waals surface area contributed by atoms with Gasteiger partial charge in [-0.1, -0.05) is 12.1 Å². The second-order valence-corrected chi connectivity index (χ2v) is 6.33. The quantitative estimate of drug-likeness (QED) is 0.726. The topological polar surface area (TPSA) is 59.3 Å². The molecule has 0 fully saturated rings. The lowest BCUT2D eigenvalue weighted by molar-refractivity contribution is 0.200. The number of anilines is 2. The summed E-state index contributed by atoms with van der Waals surface area (Å²) in [7, 11) is 3.92. The summed E-state index contributed by atoms with van der Waals surface area (Å²) >= 11 is 0. The molecule has 3 heterocycles. The number of rotatable bonds is 4. The maximum absolute atomic E-state index is 6.23. The zero-order valence-electron chi connectivity index (χ0n) is 14.8. The molecular formula is C18H22N6O. The van der Waals surface area contributed by atoms with Crippen molar-refractivity contribution in [1.82, 2.24) is 19.7 Å². The maximum atomic E-state index is 6.23. The minimum Gasteiger partial charge on any atom is -0.485 e. The molecule has 7 nitrogen and oxygen atoms in total. The van der Waals surface area contributed by atoms with E-state index in [4.69, 9.17) is 4.74 Å². The molecule has 0 amide bonds. The fraction of sp³-hybridized carbons (Fsp3) is 0.389. The highest BCUT2D eigenvalue weighted by Gasteiger charge is 2.26. The molecule has 0 aliphatic carbocycles. The van der Waals surface area contributed by atoms with Crippen molar-refractivity contribution in [3.63, 3.8) is 0 Å². The molecule has 0 N–H and O–H groups in total. The average molecular weight is 338 g/mol. The first-order chi connectivity index (χ1) is 12.2. The van der Waals surface area contributed by atoms with Crippen LogP contribution in [0.4, 0.5) is 11.5 Å². The third-order valence-electron chi connectivity index (χ3n) is 4.65. The number of aromatic nitrogens is 4. The van der Waals surface area contributed by atoms with Crippen molar-refractivity contribution in [2.24, 2.45) is 7.05 Å². The molecule has 1 aromatic carbocycles. The lowest BCUT2D eigenvalue weighted by Gasteiger charge is -2.37. The zero-order valence-corrected chi connectivity index (χ0v) is 14.8. The van der Waals surface area contributed by atoms with E-state index in [1.54, 1.807) is 11.0 Å². The predicted octanol–water partition coefficient (Wildman–Crippen LogP) is 2.09. The highest BCUT2D eigenvalue weighted by atomic mass is 16.5. The van der Waals surface area contributed by atoms with Gasteiger partial charge in [0.05, 0.1) is 30.4 Å². The van der Waals surface area contributed by atoms with Gasteiger partial charge in [0.15, 0.2) is 5.65 Å². The van der Waals surface area contributed by atoms with E-state index in [9.17, 15) is 0 Å². The number of hydrogen-bond acceptors (Lipinski definition) is 6. The van der Waals surface area contributed by atoms with Gasteiger partial charge in [0.1, 0.15) is 24.0 Å². The van der Waals surface area contributed by atoms with Crippen LogP contribution in [0.1, 0.15) is 6.92 Å². The molecule has 25 heavy (non-hydrogen) atoms. The largest absolute Gasteiger partial charge is 0.485 e. The van der Waals surface area contributed by atoms with E-state index in [1.807, 2.05) is 32.4 Å². The maximum Gasteiger partial charge on any atom is 0.163 e. The summed E-state index contributed by atoms with van der Waals surface area (Å²) in [5.74, 6) is 1.83. The highest BCUT2D eigenvalue weighted by molar-refractivity contribution is 5.86. The van der Waals surface area contributed by atoms with Gasteiger partial charge in [-0.25, -0.2) is 9.97 Å². The molecule has 4 rings (SSSR count). The van der Waals surface area contributed by atoms with Crippen LogP contribution in [0.25, 0.3) is 11.0 Å². The molecule has 1 atom stereocenters. The Hall–Kier alpha value is -2.83. The minimum atomic E-state index is 0.0709. The van der Waals surface area contributed by atoms with Gasteiger partial charge in [0, 0.05) is 20.6 Å². The lowest BCUT2D eigenvalue weighted by atomic mass is 10.2. The Morgan fingerprint density at radius 2 is 2.12 bits per heavy atom. The van der Waals surface area contributed by atoms with E-state index in [-0.39, 0.29) is 6.10 Å². The van der Waals surface area contributed by atoms with Crippen LogP contribution in [0.3, 0.4) is 0 Å². The van der Waals surface area contributed by atoms with Gasteiger partial charge < -0.3 is 14.5 Å². The molecule has 0 bridgehead atoms. The minimum absolute atomic E-state index is 0.0709. The van der Waals surface area contributed by atoms with Crippen LogP contribution in [-0.4, -0.2) is 52.5 Å². The Morgan fingerprint density at radius 3 is 2.96 bits per heavy atom. The predicted molar refractivity (Wildman–Crippen MR) is 98.3 cm³/mol. The van der Waals surface area contributed by atoms with E-state index in [1.165, 1.54) is 5.69 Å². The number of aryl methyl sites for hydroxylation is 1. The summed E-state index contributed by atoms with van der Waals surface area (Å²) in [4.78, 5) is 13.3. The number of fused-ring (bicyclic) bond motifs is 2. The van der Waals surface area contributed by atoms with Crippen LogP contribution >= 0.6 is 0 Å². The van der Waals surface area contributed by atoms with Crippen LogP contribution in [-0.2, 0) is 7.05 Å². The van der Waals surface area contributed by atoms with Crippen molar-refractivity contribution < 1.29 is 4.74 Å². The Labute approximate surface area is 146 Å². The Morgan fingerprint density at radius 1 is 1.28 bits per heavy atom. The first-order valence-electron chi connectivity index (χ1n) is 8.52. The number of benzene rings is 1. The summed E-state index contributed by atoms with van der Waals surface area (Å²) < 4.78 is 7.99. The second kappa shape index (κ2) is 6.23. The SMILES string of the molecule is CCN1CC(CN(C)c2ncnc3c2cnn3C)Oc2ccccc21. The Balaban J connectivity index is 1.58. The van der Waals surface area contributed by atoms with E-state index in [0.717, 1.165) is 42.2 Å². The summed E-state index contributed by atoms with van der Waals surface area (Å²) in [5.41, 5.74) is 2.00. The Bertz CT molecular complexity index is 892. The van der Waals surface area contributed by atoms with E-state index >= 15 is 0 Å². The van der Waals surface area contributed by atoms with E-state index in [2.05, 4.69) is 43.9 Å². The summed E-state index contributed by atoms with van der Waals surface area (Å²) in [6.07, 6.45) is 3.48. The molecular weight excluding hydrogens is 316 g/mol. The molecule has 7 heteroatoms. The van der Waals surface area contributed by atoms with Gasteiger partial charge in [0.2, 0.25) is 0 Å². The van der Waals surface area contributed by atoms with Gasteiger partial charge >= 0.3 is 0 Å². The third-order valence-corrected chi connectivity index (χ3v) is 4.65. The summed E-state index contributed by atoms with van der Waals surface area (Å²) in [5, 5.41) is 5.24. The van der Waals surface area contributed by atoms with Crippen molar-refractivity contribution in [1.29, 1.82) is 0 Å². The summed E-state index contributed by atoms with van der Waals surface area (Å²) in [6, 6.07) is 8.22. The fourth-order valence-electron chi connectivity index (χ4n) is 3.42. The zero-order chi connectivity index (χ0) is 17.4. The molecule has 1 aliphatic heterocycles. The van der Waals surface area contributed by atoms with E-state index < -0.39 is 0 Å². The normalized spacial score (nSPS) is 16.6. The van der Waals surface area contributed by atoms with Crippen molar-refractivity contribution in [2.45, 2.75) is 13.0 Å². The molecule has 1 aliphatic rings. The number of para-hydroxylation sites is 2. The fourth-order valence-corrected chi connectivity index (χ4v) is 3.42. The van der Waals surface area contributed by atoms with Crippen LogP contribution in [0.15, 0.2) is 36.8 Å². The molecule has 2 aromatic heterocycles. The van der Waals surface area contributed by atoms with Crippen LogP contribution in [0.5, 0.6) is 5.75 Å². The Kier molecular flexibility index (Phi) is 3.91. The first kappa shape index (κ1) is 15.7. The highest BCUT2D eigenvalue weighted by Crippen LogP contribution is 2.33. The smallest absolute Gasteiger partial charge is 0.163 e. The van der Waals surface area contributed by atoms with Crippen molar-refractivity contribution >= 4 is 22.5 Å². The molecule has 0 saturated heterocycles. The first-order valence-corrected chi connectivity index (χ1v) is 8.52. The molecule has 3 aromatic rings. The van der Waals surface area contributed by atoms with E-state index in [0.29, 0.717) is 0 Å². The van der Waals surface area contributed by atoms with Gasteiger partial charge in [-0.05, 0) is 19.1 Å². The number of hydrogen-bond donors (Lipinski definition) is 0. The number of likely N-dealkylation sites (N-methyl/N-ethyl adjacent to an activating group) is 2. The van der Waals surface area contributed by atoms with Crippen LogP contribution < -0.4 is 14.5 Å². The van der Waals surface area contributed by atoms with Crippen molar-refractivity contribution in [2.75, 3.05) is 36.5 Å². The van der Waals surface area contributed by atoms with Gasteiger partial charge in [-0.3, -0.25) is 4.68 Å².